The van der Waals surface area contributed by atoms with Crippen LogP contribution in [0, 0.1) is 6.92 Å². The Bertz CT molecular complexity index is 838. The van der Waals surface area contributed by atoms with Gasteiger partial charge in [-0.2, -0.15) is 5.10 Å². The third-order valence-electron chi connectivity index (χ3n) is 2.74. The third-order valence-corrected chi connectivity index (χ3v) is 4.37. The lowest BCUT2D eigenvalue weighted by Gasteiger charge is -2.03. The molecule has 6 nitrogen and oxygen atoms in total. The molecular weight excluding hydrogens is 264 g/mol. The summed E-state index contributed by atoms with van der Waals surface area (Å²) >= 11 is 0. The second-order valence-electron chi connectivity index (χ2n) is 4.12. The first kappa shape index (κ1) is 11.8. The number of nitrogens with zero attached hydrogens (tertiary/aromatic N) is 4. The van der Waals surface area contributed by atoms with Gasteiger partial charge in [-0.25, -0.2) is 12.9 Å². The van der Waals surface area contributed by atoms with E-state index < -0.39 is 9.84 Å². The second kappa shape index (κ2) is 4.13. The van der Waals surface area contributed by atoms with Crippen molar-refractivity contribution in [2.24, 2.45) is 0 Å². The summed E-state index contributed by atoms with van der Waals surface area (Å²) in [4.78, 5) is 0.193. The Morgan fingerprint density at radius 3 is 2.53 bits per heavy atom. The lowest BCUT2D eigenvalue weighted by molar-refractivity contribution is 0.588. The van der Waals surface area contributed by atoms with Crippen LogP contribution in [-0.4, -0.2) is 28.2 Å². The standard InChI is InChI=1S/C12H10N4O2S/c1-9-2-4-10(5-3-9)19(17,18)12-8-16-11(14-15-12)6-7-13-16/h2-8H,1H3. The van der Waals surface area contributed by atoms with E-state index in [1.54, 1.807) is 30.3 Å². The van der Waals surface area contributed by atoms with Gasteiger partial charge < -0.3 is 0 Å². The molecule has 0 spiro atoms. The summed E-state index contributed by atoms with van der Waals surface area (Å²) in [7, 11) is -3.66. The molecule has 7 heteroatoms. The molecule has 0 saturated heterocycles. The zero-order chi connectivity index (χ0) is 13.5. The minimum absolute atomic E-state index is 0.118. The molecule has 19 heavy (non-hydrogen) atoms. The van der Waals surface area contributed by atoms with Crippen LogP contribution < -0.4 is 0 Å². The normalized spacial score (nSPS) is 11.8. The van der Waals surface area contributed by atoms with E-state index in [0.29, 0.717) is 5.65 Å². The van der Waals surface area contributed by atoms with Gasteiger partial charge in [-0.15, -0.1) is 10.2 Å². The summed E-state index contributed by atoms with van der Waals surface area (Å²) in [6, 6.07) is 8.24. The van der Waals surface area contributed by atoms with Gasteiger partial charge in [0, 0.05) is 6.07 Å². The van der Waals surface area contributed by atoms with Crippen LogP contribution in [0.3, 0.4) is 0 Å². The number of aromatic nitrogens is 4. The molecule has 3 aromatic rings. The van der Waals surface area contributed by atoms with Crippen LogP contribution >= 0.6 is 0 Å². The molecule has 0 atom stereocenters. The quantitative estimate of drug-likeness (QED) is 0.703. The molecule has 0 aliphatic rings. The molecule has 0 fully saturated rings. The lowest BCUT2D eigenvalue weighted by atomic mass is 10.2. The van der Waals surface area contributed by atoms with Gasteiger partial charge in [0.15, 0.2) is 5.65 Å². The minimum Gasteiger partial charge on any atom is -0.218 e. The van der Waals surface area contributed by atoms with Crippen molar-refractivity contribution in [3.8, 4) is 0 Å². The van der Waals surface area contributed by atoms with E-state index in [0.717, 1.165) is 5.56 Å². The minimum atomic E-state index is -3.66. The summed E-state index contributed by atoms with van der Waals surface area (Å²) in [5.74, 6) is 0. The highest BCUT2D eigenvalue weighted by molar-refractivity contribution is 7.91. The fourth-order valence-electron chi connectivity index (χ4n) is 1.68. The first-order valence-corrected chi connectivity index (χ1v) is 7.04. The number of fused-ring (bicyclic) bond motifs is 1. The van der Waals surface area contributed by atoms with E-state index in [9.17, 15) is 8.42 Å². The Morgan fingerprint density at radius 1 is 1.05 bits per heavy atom. The molecule has 96 valence electrons. The van der Waals surface area contributed by atoms with Crippen molar-refractivity contribution in [2.45, 2.75) is 16.8 Å². The van der Waals surface area contributed by atoms with Crippen LogP contribution in [0.4, 0.5) is 0 Å². The van der Waals surface area contributed by atoms with Gasteiger partial charge in [-0.1, -0.05) is 17.7 Å². The Hall–Kier alpha value is -2.28. The van der Waals surface area contributed by atoms with Gasteiger partial charge in [-0.3, -0.25) is 0 Å². The van der Waals surface area contributed by atoms with Gasteiger partial charge in [0.2, 0.25) is 14.9 Å². The summed E-state index contributed by atoms with van der Waals surface area (Å²) in [6.45, 7) is 1.89. The fraction of sp³-hybridized carbons (Fsp3) is 0.0833. The van der Waals surface area contributed by atoms with Crippen molar-refractivity contribution in [3.63, 3.8) is 0 Å². The average Bonchev–Trinajstić information content (AvgIpc) is 2.86. The van der Waals surface area contributed by atoms with Crippen LogP contribution in [0.1, 0.15) is 5.56 Å². The number of sulfone groups is 1. The van der Waals surface area contributed by atoms with Crippen LogP contribution in [0.15, 0.2) is 52.6 Å². The SMILES string of the molecule is Cc1ccc(S(=O)(=O)c2cn3nccc3nn2)cc1. The summed E-state index contributed by atoms with van der Waals surface area (Å²) in [6.07, 6.45) is 2.89. The highest BCUT2D eigenvalue weighted by Gasteiger charge is 2.20. The van der Waals surface area contributed by atoms with E-state index in [4.69, 9.17) is 0 Å². The molecule has 0 saturated carbocycles. The topological polar surface area (TPSA) is 77.2 Å². The number of hydrogen-bond donors (Lipinski definition) is 0. The molecule has 3 rings (SSSR count). The average molecular weight is 274 g/mol. The molecule has 0 aliphatic heterocycles. The van der Waals surface area contributed by atoms with Crippen molar-refractivity contribution in [3.05, 3.63) is 48.3 Å². The second-order valence-corrected chi connectivity index (χ2v) is 6.01. The van der Waals surface area contributed by atoms with E-state index in [-0.39, 0.29) is 9.92 Å². The highest BCUT2D eigenvalue weighted by Crippen LogP contribution is 2.18. The van der Waals surface area contributed by atoms with E-state index in [2.05, 4.69) is 15.3 Å². The molecule has 0 bridgehead atoms. The van der Waals surface area contributed by atoms with Crippen LogP contribution in [0.25, 0.3) is 5.65 Å². The summed E-state index contributed by atoms with van der Waals surface area (Å²) < 4.78 is 26.1. The zero-order valence-corrected chi connectivity index (χ0v) is 10.9. The first-order chi connectivity index (χ1) is 9.07. The van der Waals surface area contributed by atoms with Crippen molar-refractivity contribution in [1.29, 1.82) is 0 Å². The molecule has 0 unspecified atom stereocenters. The van der Waals surface area contributed by atoms with Crippen LogP contribution in [-0.2, 0) is 9.84 Å². The van der Waals surface area contributed by atoms with Crippen molar-refractivity contribution in [1.82, 2.24) is 19.8 Å². The van der Waals surface area contributed by atoms with Gasteiger partial charge in [0.25, 0.3) is 0 Å². The molecule has 0 radical (unpaired) electrons. The molecule has 0 aliphatic carbocycles. The number of hydrogen-bond acceptors (Lipinski definition) is 5. The molecule has 0 amide bonds. The van der Waals surface area contributed by atoms with E-state index in [1.165, 1.54) is 16.9 Å². The van der Waals surface area contributed by atoms with Crippen LogP contribution in [0.2, 0.25) is 0 Å². The largest absolute Gasteiger partial charge is 0.227 e. The van der Waals surface area contributed by atoms with Gasteiger partial charge in [0.1, 0.15) is 0 Å². The van der Waals surface area contributed by atoms with Gasteiger partial charge in [-0.05, 0) is 19.1 Å². The fourth-order valence-corrected chi connectivity index (χ4v) is 2.80. The molecule has 2 heterocycles. The zero-order valence-electron chi connectivity index (χ0n) is 10.1. The van der Waals surface area contributed by atoms with Crippen molar-refractivity contribution in [2.75, 3.05) is 0 Å². The van der Waals surface area contributed by atoms with E-state index in [1.807, 2.05) is 6.92 Å². The molecule has 0 N–H and O–H groups in total. The van der Waals surface area contributed by atoms with Crippen LogP contribution in [0.5, 0.6) is 0 Å². The van der Waals surface area contributed by atoms with Crippen molar-refractivity contribution < 1.29 is 8.42 Å². The number of rotatable bonds is 2. The maximum absolute atomic E-state index is 12.4. The third kappa shape index (κ3) is 1.97. The van der Waals surface area contributed by atoms with Gasteiger partial charge >= 0.3 is 0 Å². The maximum atomic E-state index is 12.4. The summed E-state index contributed by atoms with van der Waals surface area (Å²) in [5, 5.41) is 11.4. The first-order valence-electron chi connectivity index (χ1n) is 5.56. The number of benzene rings is 1. The predicted octanol–water partition coefficient (Wildman–Crippen LogP) is 1.27. The van der Waals surface area contributed by atoms with Gasteiger partial charge in [0.05, 0.1) is 17.3 Å². The highest BCUT2D eigenvalue weighted by atomic mass is 32.2. The Balaban J connectivity index is 2.15. The Labute approximate surface area is 109 Å². The summed E-state index contributed by atoms with van der Waals surface area (Å²) in [5.41, 5.74) is 1.50. The maximum Gasteiger partial charge on any atom is 0.227 e. The molecule has 2 aromatic heterocycles. The molecule has 1 aromatic carbocycles. The van der Waals surface area contributed by atoms with E-state index >= 15 is 0 Å². The number of aryl methyl sites for hydroxylation is 1. The molecular formula is C12H10N4O2S. The Kier molecular flexibility index (Phi) is 2.56. The monoisotopic (exact) mass is 274 g/mol. The Morgan fingerprint density at radius 2 is 1.79 bits per heavy atom. The predicted molar refractivity (Wildman–Crippen MR) is 67.4 cm³/mol. The smallest absolute Gasteiger partial charge is 0.218 e. The van der Waals surface area contributed by atoms with Crippen molar-refractivity contribution >= 4 is 15.5 Å². The lowest BCUT2D eigenvalue weighted by Crippen LogP contribution is -2.08.